The number of fused-ring (bicyclic) bond motifs is 1. The molecule has 1 amide bonds. The predicted octanol–water partition coefficient (Wildman–Crippen LogP) is 3.09. The Kier molecular flexibility index (Phi) is 3.62. The number of nitrogens with one attached hydrogen (secondary N) is 1. The number of benzene rings is 2. The number of hydrogen-bond acceptors (Lipinski definition) is 4. The minimum absolute atomic E-state index is 0.217. The summed E-state index contributed by atoms with van der Waals surface area (Å²) in [7, 11) is 1.61. The number of nitrogens with two attached hydrogens (primary N) is 1. The number of carbonyl (C=O) groups excluding carboxylic acids is 1. The number of nitrogens with zero attached hydrogens (tertiary/aromatic N) is 1. The average molecular weight is 293 g/mol. The molecule has 0 saturated heterocycles. The summed E-state index contributed by atoms with van der Waals surface area (Å²) in [4.78, 5) is 16.0. The molecule has 5 heteroatoms. The van der Waals surface area contributed by atoms with Crippen LogP contribution in [0, 0.1) is 0 Å². The summed E-state index contributed by atoms with van der Waals surface area (Å²) in [5.74, 6) is 0.194. The van der Waals surface area contributed by atoms with Crippen LogP contribution in [0.25, 0.3) is 10.9 Å². The predicted molar refractivity (Wildman–Crippen MR) is 86.5 cm³/mol. The highest BCUT2D eigenvalue weighted by Crippen LogP contribution is 2.25. The lowest BCUT2D eigenvalue weighted by atomic mass is 10.1. The van der Waals surface area contributed by atoms with Crippen LogP contribution < -0.4 is 15.8 Å². The molecule has 3 aromatic rings. The Labute approximate surface area is 127 Å². The van der Waals surface area contributed by atoms with E-state index in [4.69, 9.17) is 10.5 Å². The molecule has 0 radical (unpaired) electrons. The molecule has 0 spiro atoms. The van der Waals surface area contributed by atoms with Gasteiger partial charge in [0, 0.05) is 11.1 Å². The third kappa shape index (κ3) is 2.69. The standard InChI is InChI=1S/C17H15N3O2/c1-22-13-8-6-12(7-9-13)19-15-10-11-4-2-3-5-14(11)20-16(15)17(18)21/h2-10,19H,1H3,(H2,18,21). The molecule has 0 aliphatic rings. The second-order valence-electron chi connectivity index (χ2n) is 4.79. The van der Waals surface area contributed by atoms with E-state index in [1.807, 2.05) is 54.6 Å². The van der Waals surface area contributed by atoms with Crippen molar-refractivity contribution in [2.24, 2.45) is 5.73 Å². The summed E-state index contributed by atoms with van der Waals surface area (Å²) in [5.41, 5.74) is 7.79. The topological polar surface area (TPSA) is 77.2 Å². The molecule has 22 heavy (non-hydrogen) atoms. The van der Waals surface area contributed by atoms with Gasteiger partial charge in [0.1, 0.15) is 5.75 Å². The average Bonchev–Trinajstić information content (AvgIpc) is 2.54. The molecular weight excluding hydrogens is 278 g/mol. The fraction of sp³-hybridized carbons (Fsp3) is 0.0588. The summed E-state index contributed by atoms with van der Waals surface area (Å²) in [5, 5.41) is 4.11. The van der Waals surface area contributed by atoms with E-state index in [1.165, 1.54) is 0 Å². The minimum atomic E-state index is -0.568. The molecule has 2 aromatic carbocycles. The maximum Gasteiger partial charge on any atom is 0.269 e. The van der Waals surface area contributed by atoms with Crippen LogP contribution in [0.4, 0.5) is 11.4 Å². The number of carbonyl (C=O) groups is 1. The first-order chi connectivity index (χ1) is 10.7. The number of aromatic nitrogens is 1. The van der Waals surface area contributed by atoms with Crippen molar-refractivity contribution in [2.45, 2.75) is 0 Å². The number of ether oxygens (including phenoxy) is 1. The molecule has 0 aliphatic carbocycles. The first-order valence-corrected chi connectivity index (χ1v) is 6.78. The van der Waals surface area contributed by atoms with Crippen molar-refractivity contribution in [3.05, 3.63) is 60.3 Å². The largest absolute Gasteiger partial charge is 0.497 e. The number of pyridine rings is 1. The highest BCUT2D eigenvalue weighted by atomic mass is 16.5. The fourth-order valence-electron chi connectivity index (χ4n) is 2.23. The third-order valence-corrected chi connectivity index (χ3v) is 3.33. The molecule has 0 atom stereocenters. The van der Waals surface area contributed by atoms with E-state index in [0.717, 1.165) is 22.3 Å². The Bertz CT molecular complexity index is 829. The van der Waals surface area contributed by atoms with Gasteiger partial charge in [0.15, 0.2) is 5.69 Å². The van der Waals surface area contributed by atoms with Crippen LogP contribution in [0.3, 0.4) is 0 Å². The van der Waals surface area contributed by atoms with Crippen LogP contribution in [0.15, 0.2) is 54.6 Å². The van der Waals surface area contributed by atoms with Crippen LogP contribution in [0.1, 0.15) is 10.5 Å². The van der Waals surface area contributed by atoms with Crippen LogP contribution >= 0.6 is 0 Å². The summed E-state index contributed by atoms with van der Waals surface area (Å²) in [6.07, 6.45) is 0. The zero-order chi connectivity index (χ0) is 15.5. The van der Waals surface area contributed by atoms with Crippen molar-refractivity contribution in [3.63, 3.8) is 0 Å². The zero-order valence-electron chi connectivity index (χ0n) is 12.0. The number of methoxy groups -OCH3 is 1. The smallest absolute Gasteiger partial charge is 0.269 e. The van der Waals surface area contributed by atoms with Gasteiger partial charge >= 0.3 is 0 Å². The second-order valence-corrected chi connectivity index (χ2v) is 4.79. The molecule has 3 N–H and O–H groups in total. The van der Waals surface area contributed by atoms with Gasteiger partial charge in [-0.05, 0) is 36.4 Å². The Balaban J connectivity index is 2.03. The Morgan fingerprint density at radius 2 is 1.86 bits per heavy atom. The molecule has 0 unspecified atom stereocenters. The van der Waals surface area contributed by atoms with E-state index < -0.39 is 5.91 Å². The van der Waals surface area contributed by atoms with E-state index in [1.54, 1.807) is 7.11 Å². The first-order valence-electron chi connectivity index (χ1n) is 6.78. The number of anilines is 2. The van der Waals surface area contributed by atoms with Crippen molar-refractivity contribution in [1.82, 2.24) is 4.98 Å². The van der Waals surface area contributed by atoms with Crippen LogP contribution in [0.2, 0.25) is 0 Å². The number of rotatable bonds is 4. The maximum absolute atomic E-state index is 11.7. The molecule has 0 saturated carbocycles. The van der Waals surface area contributed by atoms with Gasteiger partial charge in [-0.1, -0.05) is 18.2 Å². The van der Waals surface area contributed by atoms with Gasteiger partial charge in [-0.15, -0.1) is 0 Å². The maximum atomic E-state index is 11.7. The molecule has 3 rings (SSSR count). The minimum Gasteiger partial charge on any atom is -0.497 e. The van der Waals surface area contributed by atoms with Gasteiger partial charge in [0.05, 0.1) is 18.3 Å². The fourth-order valence-corrected chi connectivity index (χ4v) is 2.23. The van der Waals surface area contributed by atoms with E-state index >= 15 is 0 Å². The van der Waals surface area contributed by atoms with Crippen LogP contribution in [-0.4, -0.2) is 18.0 Å². The number of hydrogen-bond donors (Lipinski definition) is 2. The lowest BCUT2D eigenvalue weighted by molar-refractivity contribution is 0.0997. The van der Waals surface area contributed by atoms with Gasteiger partial charge in [0.25, 0.3) is 5.91 Å². The van der Waals surface area contributed by atoms with Crippen molar-refractivity contribution in [1.29, 1.82) is 0 Å². The van der Waals surface area contributed by atoms with Crippen molar-refractivity contribution in [2.75, 3.05) is 12.4 Å². The molecule has 110 valence electrons. The van der Waals surface area contributed by atoms with Crippen LogP contribution in [-0.2, 0) is 0 Å². The Morgan fingerprint density at radius 1 is 1.14 bits per heavy atom. The highest BCUT2D eigenvalue weighted by Gasteiger charge is 2.12. The van der Waals surface area contributed by atoms with Crippen molar-refractivity contribution in [3.8, 4) is 5.75 Å². The third-order valence-electron chi connectivity index (χ3n) is 3.33. The Hall–Kier alpha value is -3.08. The Morgan fingerprint density at radius 3 is 2.55 bits per heavy atom. The van der Waals surface area contributed by atoms with E-state index in [0.29, 0.717) is 5.69 Å². The molecular formula is C17H15N3O2. The van der Waals surface area contributed by atoms with Gasteiger partial charge < -0.3 is 15.8 Å². The quantitative estimate of drug-likeness (QED) is 0.775. The molecule has 0 fully saturated rings. The van der Waals surface area contributed by atoms with Crippen molar-refractivity contribution >= 4 is 28.2 Å². The number of amides is 1. The normalized spacial score (nSPS) is 10.4. The number of primary amides is 1. The summed E-state index contributed by atoms with van der Waals surface area (Å²) < 4.78 is 5.12. The summed E-state index contributed by atoms with van der Waals surface area (Å²) in [6.45, 7) is 0. The molecule has 5 nitrogen and oxygen atoms in total. The van der Waals surface area contributed by atoms with Crippen LogP contribution in [0.5, 0.6) is 5.75 Å². The highest BCUT2D eigenvalue weighted by molar-refractivity contribution is 6.00. The number of para-hydroxylation sites is 1. The molecule has 1 heterocycles. The van der Waals surface area contributed by atoms with Gasteiger partial charge in [-0.3, -0.25) is 4.79 Å². The van der Waals surface area contributed by atoms with Gasteiger partial charge in [-0.2, -0.15) is 0 Å². The second kappa shape index (κ2) is 5.73. The lowest BCUT2D eigenvalue weighted by Gasteiger charge is -2.11. The van der Waals surface area contributed by atoms with E-state index in [9.17, 15) is 4.79 Å². The SMILES string of the molecule is COc1ccc(Nc2cc3ccccc3nc2C(N)=O)cc1. The molecule has 0 bridgehead atoms. The summed E-state index contributed by atoms with van der Waals surface area (Å²) >= 11 is 0. The lowest BCUT2D eigenvalue weighted by Crippen LogP contribution is -2.15. The van der Waals surface area contributed by atoms with E-state index in [-0.39, 0.29) is 5.69 Å². The molecule has 1 aromatic heterocycles. The van der Waals surface area contributed by atoms with E-state index in [2.05, 4.69) is 10.3 Å². The van der Waals surface area contributed by atoms with Crippen molar-refractivity contribution < 1.29 is 9.53 Å². The molecule has 0 aliphatic heterocycles. The summed E-state index contributed by atoms with van der Waals surface area (Å²) in [6, 6.07) is 16.8. The zero-order valence-corrected chi connectivity index (χ0v) is 12.0. The first kappa shape index (κ1) is 13.9. The van der Waals surface area contributed by atoms with Gasteiger partial charge in [-0.25, -0.2) is 4.98 Å². The monoisotopic (exact) mass is 293 g/mol. The van der Waals surface area contributed by atoms with Gasteiger partial charge in [0.2, 0.25) is 0 Å².